The number of carbonyl (C=O) groups excluding carboxylic acids is 5. The Morgan fingerprint density at radius 3 is 2.33 bits per heavy atom. The standard InChI is InChI=1S/C32H43BrO9/c1-7-10-26(38)41-28-27(39)31(33)21(12-11-19-16-20(34)13-14-29(19,31)5)22-15-18(4)32(30(22,28)6,42-25(37)9-3)23(35)17-40-24(36)8-2/h13-14,16,18,21-22,27-28,39H,7-12,15,17H2,1-6H3/t18-,21?,22-,27-,28+,29-,30+,31-,32-/m0/s1. The third-order valence-corrected chi connectivity index (χ3v) is 12.5. The zero-order valence-electron chi connectivity index (χ0n) is 25.4. The predicted octanol–water partition coefficient (Wildman–Crippen LogP) is 4.56. The lowest BCUT2D eigenvalue weighted by atomic mass is 9.45. The normalized spacial score (nSPS) is 40.2. The second-order valence-corrected chi connectivity index (χ2v) is 14.0. The summed E-state index contributed by atoms with van der Waals surface area (Å²) in [5, 5.41) is 12.5. The molecule has 0 aliphatic heterocycles. The van der Waals surface area contributed by atoms with E-state index >= 15 is 0 Å². The van der Waals surface area contributed by atoms with Crippen LogP contribution in [0.4, 0.5) is 0 Å². The van der Waals surface area contributed by atoms with Gasteiger partial charge in [0.05, 0.1) is 9.74 Å². The number of ether oxygens (including phenoxy) is 3. The molecule has 4 aliphatic carbocycles. The summed E-state index contributed by atoms with van der Waals surface area (Å²) >= 11 is 4.00. The molecule has 42 heavy (non-hydrogen) atoms. The van der Waals surface area contributed by atoms with Gasteiger partial charge in [0.1, 0.15) is 12.2 Å². The number of ketones is 2. The lowest BCUT2D eigenvalue weighted by Crippen LogP contribution is -2.76. The van der Waals surface area contributed by atoms with E-state index in [2.05, 4.69) is 15.9 Å². The number of allylic oxidation sites excluding steroid dienone is 4. The van der Waals surface area contributed by atoms with Gasteiger partial charge >= 0.3 is 17.9 Å². The number of hydrogen-bond donors (Lipinski definition) is 1. The second kappa shape index (κ2) is 11.6. The number of Topliss-reactive ketones (excluding diaryl/α,β-unsaturated/α-hetero) is 1. The summed E-state index contributed by atoms with van der Waals surface area (Å²) in [4.78, 5) is 65.0. The van der Waals surface area contributed by atoms with Gasteiger partial charge in [0, 0.05) is 30.6 Å². The molecule has 0 aromatic carbocycles. The molecule has 1 unspecified atom stereocenters. The van der Waals surface area contributed by atoms with Crippen LogP contribution < -0.4 is 0 Å². The van der Waals surface area contributed by atoms with E-state index < -0.39 is 69.2 Å². The van der Waals surface area contributed by atoms with Crippen molar-refractivity contribution in [1.82, 2.24) is 0 Å². The highest BCUT2D eigenvalue weighted by molar-refractivity contribution is 9.10. The zero-order valence-corrected chi connectivity index (χ0v) is 27.0. The molecular formula is C32H43BrO9. The van der Waals surface area contributed by atoms with Gasteiger partial charge in [0.25, 0.3) is 0 Å². The van der Waals surface area contributed by atoms with Gasteiger partial charge in [-0.3, -0.25) is 24.0 Å². The molecule has 0 aromatic rings. The summed E-state index contributed by atoms with van der Waals surface area (Å²) < 4.78 is 16.5. The van der Waals surface area contributed by atoms with E-state index in [1.165, 1.54) is 6.08 Å². The smallest absolute Gasteiger partial charge is 0.306 e. The van der Waals surface area contributed by atoms with Crippen LogP contribution in [-0.2, 0) is 38.2 Å². The van der Waals surface area contributed by atoms with Gasteiger partial charge in [-0.05, 0) is 49.7 Å². The van der Waals surface area contributed by atoms with Crippen LogP contribution in [0.15, 0.2) is 23.8 Å². The largest absolute Gasteiger partial charge is 0.459 e. The minimum absolute atomic E-state index is 0.00303. The molecule has 4 rings (SSSR count). The van der Waals surface area contributed by atoms with E-state index in [-0.39, 0.29) is 36.9 Å². The highest BCUT2D eigenvalue weighted by Gasteiger charge is 2.80. The maximum Gasteiger partial charge on any atom is 0.306 e. The van der Waals surface area contributed by atoms with Crippen LogP contribution in [0.1, 0.15) is 86.5 Å². The fourth-order valence-electron chi connectivity index (χ4n) is 8.55. The highest BCUT2D eigenvalue weighted by Crippen LogP contribution is 2.73. The Kier molecular flexibility index (Phi) is 9.03. The van der Waals surface area contributed by atoms with Crippen molar-refractivity contribution >= 4 is 45.4 Å². The first-order chi connectivity index (χ1) is 19.7. The third kappa shape index (κ3) is 4.54. The summed E-state index contributed by atoms with van der Waals surface area (Å²) in [7, 11) is 0. The van der Waals surface area contributed by atoms with Crippen LogP contribution in [0.3, 0.4) is 0 Å². The number of carbonyl (C=O) groups is 5. The van der Waals surface area contributed by atoms with Crippen molar-refractivity contribution in [3.8, 4) is 0 Å². The predicted molar refractivity (Wildman–Crippen MR) is 156 cm³/mol. The molecule has 10 heteroatoms. The molecule has 3 fully saturated rings. The average molecular weight is 652 g/mol. The molecule has 0 spiro atoms. The summed E-state index contributed by atoms with van der Waals surface area (Å²) in [6.07, 6.45) is 4.62. The number of esters is 3. The molecule has 0 bridgehead atoms. The first-order valence-corrected chi connectivity index (χ1v) is 15.9. The van der Waals surface area contributed by atoms with Crippen LogP contribution in [0.2, 0.25) is 0 Å². The van der Waals surface area contributed by atoms with Crippen molar-refractivity contribution in [2.75, 3.05) is 6.61 Å². The van der Waals surface area contributed by atoms with Gasteiger partial charge in [0.15, 0.2) is 18.0 Å². The SMILES string of the molecule is CCCC(=O)O[C@@H]1[C@H](O)[C@@]2(Br)C(CCC3=CC(=O)C=C[C@@]32C)[C@@H]2C[C@H](C)[C@](OC(=O)CC)(C(=O)COC(=O)CC)[C@@]12C. The van der Waals surface area contributed by atoms with E-state index in [9.17, 15) is 29.1 Å². The Morgan fingerprint density at radius 2 is 1.71 bits per heavy atom. The molecule has 9 nitrogen and oxygen atoms in total. The van der Waals surface area contributed by atoms with Crippen molar-refractivity contribution in [3.63, 3.8) is 0 Å². The molecule has 1 N–H and O–H groups in total. The number of aliphatic hydroxyl groups is 1. The van der Waals surface area contributed by atoms with E-state index in [4.69, 9.17) is 14.2 Å². The van der Waals surface area contributed by atoms with Crippen molar-refractivity contribution in [3.05, 3.63) is 23.8 Å². The monoisotopic (exact) mass is 650 g/mol. The number of fused-ring (bicyclic) bond motifs is 5. The first kappa shape index (κ1) is 32.6. The summed E-state index contributed by atoms with van der Waals surface area (Å²) in [5.74, 6) is -3.59. The molecule has 232 valence electrons. The van der Waals surface area contributed by atoms with Crippen LogP contribution in [0.25, 0.3) is 0 Å². The van der Waals surface area contributed by atoms with Crippen LogP contribution in [-0.4, -0.2) is 63.3 Å². The molecule has 4 aliphatic rings. The Bertz CT molecular complexity index is 1220. The van der Waals surface area contributed by atoms with E-state index in [1.807, 2.05) is 26.8 Å². The maximum absolute atomic E-state index is 14.3. The van der Waals surface area contributed by atoms with Crippen LogP contribution in [0, 0.1) is 28.6 Å². The quantitative estimate of drug-likeness (QED) is 0.216. The number of aliphatic hydroxyl groups excluding tert-OH is 1. The molecule has 0 saturated heterocycles. The number of alkyl halides is 1. The van der Waals surface area contributed by atoms with E-state index in [1.54, 1.807) is 26.8 Å². The fraction of sp³-hybridized carbons (Fsp3) is 0.719. The molecule has 0 amide bonds. The minimum atomic E-state index is -1.83. The molecule has 9 atom stereocenters. The molecule has 0 aromatic heterocycles. The number of hydrogen-bond acceptors (Lipinski definition) is 9. The second-order valence-electron chi connectivity index (χ2n) is 12.7. The van der Waals surface area contributed by atoms with Crippen LogP contribution in [0.5, 0.6) is 0 Å². The first-order valence-electron chi connectivity index (χ1n) is 15.1. The van der Waals surface area contributed by atoms with Crippen molar-refractivity contribution < 1.29 is 43.3 Å². The maximum atomic E-state index is 14.3. The molecule has 0 radical (unpaired) electrons. The van der Waals surface area contributed by atoms with Crippen LogP contribution >= 0.6 is 15.9 Å². The average Bonchev–Trinajstić information content (AvgIpc) is 3.17. The number of rotatable bonds is 9. The van der Waals surface area contributed by atoms with Gasteiger partial charge < -0.3 is 19.3 Å². The Labute approximate surface area is 255 Å². The van der Waals surface area contributed by atoms with Gasteiger partial charge in [-0.25, -0.2) is 0 Å². The molecule has 0 heterocycles. The zero-order chi connectivity index (χ0) is 31.3. The van der Waals surface area contributed by atoms with Crippen molar-refractivity contribution in [2.24, 2.45) is 28.6 Å². The van der Waals surface area contributed by atoms with Gasteiger partial charge in [-0.2, -0.15) is 0 Å². The van der Waals surface area contributed by atoms with E-state index in [0.29, 0.717) is 25.7 Å². The minimum Gasteiger partial charge on any atom is -0.459 e. The topological polar surface area (TPSA) is 133 Å². The van der Waals surface area contributed by atoms with Gasteiger partial charge in [0.2, 0.25) is 5.78 Å². The van der Waals surface area contributed by atoms with E-state index in [0.717, 1.165) is 5.57 Å². The Hall–Kier alpha value is -2.33. The Balaban J connectivity index is 1.95. The number of halogens is 1. The third-order valence-electron chi connectivity index (χ3n) is 10.6. The highest BCUT2D eigenvalue weighted by atomic mass is 79.9. The van der Waals surface area contributed by atoms with Gasteiger partial charge in [-0.15, -0.1) is 0 Å². The Morgan fingerprint density at radius 1 is 1.05 bits per heavy atom. The molecule has 3 saturated carbocycles. The lowest BCUT2D eigenvalue weighted by molar-refractivity contribution is -0.242. The van der Waals surface area contributed by atoms with Crippen molar-refractivity contribution in [1.29, 1.82) is 0 Å². The van der Waals surface area contributed by atoms with Crippen molar-refractivity contribution in [2.45, 2.75) is 109 Å². The fourth-order valence-corrected chi connectivity index (χ4v) is 9.72. The lowest BCUT2D eigenvalue weighted by Gasteiger charge is -2.66. The molecular weight excluding hydrogens is 608 g/mol. The summed E-state index contributed by atoms with van der Waals surface area (Å²) in [6, 6.07) is 0. The summed E-state index contributed by atoms with van der Waals surface area (Å²) in [5.41, 5.74) is -3.11. The van der Waals surface area contributed by atoms with Gasteiger partial charge in [-0.1, -0.05) is 69.1 Å². The summed E-state index contributed by atoms with van der Waals surface area (Å²) in [6.45, 7) is 10.0.